The van der Waals surface area contributed by atoms with Gasteiger partial charge in [0.15, 0.2) is 0 Å². The Kier molecular flexibility index (Phi) is 5.57. The van der Waals surface area contributed by atoms with Gasteiger partial charge in [0.2, 0.25) is 0 Å². The van der Waals surface area contributed by atoms with Gasteiger partial charge in [-0.05, 0) is 60.2 Å². The average molecular weight is 375 g/mol. The molecule has 7 heteroatoms. The number of hydrogen-bond acceptors (Lipinski definition) is 5. The summed E-state index contributed by atoms with van der Waals surface area (Å²) in [4.78, 5) is 24.8. The predicted octanol–water partition coefficient (Wildman–Crippen LogP) is 2.81. The van der Waals surface area contributed by atoms with E-state index < -0.39 is 0 Å². The summed E-state index contributed by atoms with van der Waals surface area (Å²) < 4.78 is 0. The zero-order chi connectivity index (χ0) is 20.1. The van der Waals surface area contributed by atoms with Gasteiger partial charge in [-0.25, -0.2) is 0 Å². The van der Waals surface area contributed by atoms with Crippen LogP contribution in [-0.4, -0.2) is 11.8 Å². The Morgan fingerprint density at radius 3 is 1.86 bits per heavy atom. The number of anilines is 4. The van der Waals surface area contributed by atoms with Crippen LogP contribution < -0.4 is 27.8 Å². The fraction of sp³-hybridized carbons (Fsp3) is 0.0476. The van der Waals surface area contributed by atoms with Gasteiger partial charge in [0.25, 0.3) is 11.8 Å². The van der Waals surface area contributed by atoms with Gasteiger partial charge < -0.3 is 27.8 Å². The SMILES string of the molecule is NCc1cc(NC(=O)c2cccc(N)c2)ccc1NC(=O)c1cccc(N)c1. The second-order valence-corrected chi connectivity index (χ2v) is 6.24. The molecule has 0 spiro atoms. The highest BCUT2D eigenvalue weighted by Gasteiger charge is 2.11. The Morgan fingerprint density at radius 2 is 1.32 bits per heavy atom. The van der Waals surface area contributed by atoms with Crippen molar-refractivity contribution in [2.45, 2.75) is 6.54 Å². The number of nitrogens with one attached hydrogen (secondary N) is 2. The van der Waals surface area contributed by atoms with Crippen LogP contribution in [0.2, 0.25) is 0 Å². The quantitative estimate of drug-likeness (QED) is 0.437. The number of hydrogen-bond donors (Lipinski definition) is 5. The third-order valence-corrected chi connectivity index (χ3v) is 4.13. The monoisotopic (exact) mass is 375 g/mol. The van der Waals surface area contributed by atoms with Crippen LogP contribution >= 0.6 is 0 Å². The molecule has 0 unspecified atom stereocenters. The molecule has 0 aliphatic heterocycles. The minimum Gasteiger partial charge on any atom is -0.399 e. The second-order valence-electron chi connectivity index (χ2n) is 6.24. The zero-order valence-corrected chi connectivity index (χ0v) is 15.1. The van der Waals surface area contributed by atoms with E-state index in [2.05, 4.69) is 10.6 Å². The van der Waals surface area contributed by atoms with E-state index in [0.717, 1.165) is 0 Å². The van der Waals surface area contributed by atoms with Crippen molar-refractivity contribution < 1.29 is 9.59 Å². The van der Waals surface area contributed by atoms with Gasteiger partial charge >= 0.3 is 0 Å². The molecule has 0 aliphatic rings. The summed E-state index contributed by atoms with van der Waals surface area (Å²) in [6.45, 7) is 0.189. The fourth-order valence-electron chi connectivity index (χ4n) is 2.72. The standard InChI is InChI=1S/C21H21N5O2/c22-12-15-11-18(25-20(27)13-3-1-5-16(23)9-13)7-8-19(15)26-21(28)14-4-2-6-17(24)10-14/h1-11H,12,22-24H2,(H,25,27)(H,26,28). The van der Waals surface area contributed by atoms with E-state index in [1.165, 1.54) is 0 Å². The molecule has 0 fully saturated rings. The molecule has 0 heterocycles. The summed E-state index contributed by atoms with van der Waals surface area (Å²) >= 11 is 0. The highest BCUT2D eigenvalue weighted by Crippen LogP contribution is 2.22. The number of nitrogens with two attached hydrogens (primary N) is 3. The summed E-state index contributed by atoms with van der Waals surface area (Å²) in [5.74, 6) is -0.578. The van der Waals surface area contributed by atoms with Crippen LogP contribution in [-0.2, 0) is 6.54 Å². The third kappa shape index (κ3) is 4.46. The second kappa shape index (κ2) is 8.24. The first kappa shape index (κ1) is 18.9. The van der Waals surface area contributed by atoms with Crippen molar-refractivity contribution in [3.8, 4) is 0 Å². The highest BCUT2D eigenvalue weighted by molar-refractivity contribution is 6.06. The first-order valence-corrected chi connectivity index (χ1v) is 8.63. The normalized spacial score (nSPS) is 10.3. The van der Waals surface area contributed by atoms with Crippen molar-refractivity contribution >= 4 is 34.6 Å². The van der Waals surface area contributed by atoms with Gasteiger partial charge in [-0.15, -0.1) is 0 Å². The lowest BCUT2D eigenvalue weighted by Crippen LogP contribution is -2.16. The van der Waals surface area contributed by atoms with Crippen LogP contribution in [0.4, 0.5) is 22.7 Å². The molecule has 0 atom stereocenters. The van der Waals surface area contributed by atoms with Gasteiger partial charge in [-0.1, -0.05) is 12.1 Å². The molecule has 3 rings (SSSR count). The van der Waals surface area contributed by atoms with Crippen LogP contribution in [0.3, 0.4) is 0 Å². The number of carbonyl (C=O) groups is 2. The smallest absolute Gasteiger partial charge is 0.255 e. The molecule has 7 nitrogen and oxygen atoms in total. The molecular formula is C21H21N5O2. The van der Waals surface area contributed by atoms with Gasteiger partial charge in [-0.3, -0.25) is 9.59 Å². The number of nitrogen functional groups attached to an aromatic ring is 2. The maximum absolute atomic E-state index is 12.4. The van der Waals surface area contributed by atoms with E-state index in [-0.39, 0.29) is 18.4 Å². The molecule has 0 aromatic heterocycles. The zero-order valence-electron chi connectivity index (χ0n) is 15.1. The molecule has 2 amide bonds. The van der Waals surface area contributed by atoms with Gasteiger partial charge in [-0.2, -0.15) is 0 Å². The molecule has 3 aromatic rings. The van der Waals surface area contributed by atoms with E-state index in [4.69, 9.17) is 17.2 Å². The Hall–Kier alpha value is -3.84. The summed E-state index contributed by atoms with van der Waals surface area (Å²) in [5, 5.41) is 5.62. The topological polar surface area (TPSA) is 136 Å². The number of benzene rings is 3. The number of amides is 2. The third-order valence-electron chi connectivity index (χ3n) is 4.13. The largest absolute Gasteiger partial charge is 0.399 e. The van der Waals surface area contributed by atoms with Crippen molar-refractivity contribution in [2.24, 2.45) is 5.73 Å². The van der Waals surface area contributed by atoms with Crippen LogP contribution in [0.1, 0.15) is 26.3 Å². The van der Waals surface area contributed by atoms with Crippen LogP contribution in [0.15, 0.2) is 66.7 Å². The molecule has 28 heavy (non-hydrogen) atoms. The summed E-state index contributed by atoms with van der Waals surface area (Å²) in [7, 11) is 0. The Balaban J connectivity index is 1.76. The molecule has 0 radical (unpaired) electrons. The van der Waals surface area contributed by atoms with Gasteiger partial charge in [0, 0.05) is 40.4 Å². The van der Waals surface area contributed by atoms with Crippen LogP contribution in [0.25, 0.3) is 0 Å². The van der Waals surface area contributed by atoms with Crippen LogP contribution in [0.5, 0.6) is 0 Å². The van der Waals surface area contributed by atoms with Crippen molar-refractivity contribution in [1.82, 2.24) is 0 Å². The average Bonchev–Trinajstić information content (AvgIpc) is 2.69. The lowest BCUT2D eigenvalue weighted by atomic mass is 10.1. The van der Waals surface area contributed by atoms with E-state index in [1.54, 1.807) is 66.7 Å². The van der Waals surface area contributed by atoms with E-state index in [0.29, 0.717) is 39.4 Å². The predicted molar refractivity (Wildman–Crippen MR) is 112 cm³/mol. The number of rotatable bonds is 5. The van der Waals surface area contributed by atoms with Crippen molar-refractivity contribution in [2.75, 3.05) is 22.1 Å². The maximum atomic E-state index is 12.4. The van der Waals surface area contributed by atoms with Gasteiger partial charge in [0.05, 0.1) is 0 Å². The van der Waals surface area contributed by atoms with Crippen molar-refractivity contribution in [3.63, 3.8) is 0 Å². The van der Waals surface area contributed by atoms with E-state index in [9.17, 15) is 9.59 Å². The molecule has 0 saturated heterocycles. The molecule has 3 aromatic carbocycles. The Labute approximate surface area is 162 Å². The molecule has 8 N–H and O–H groups in total. The molecule has 142 valence electrons. The minimum atomic E-state index is -0.293. The van der Waals surface area contributed by atoms with E-state index in [1.807, 2.05) is 0 Å². The molecular weight excluding hydrogens is 354 g/mol. The summed E-state index contributed by atoms with van der Waals surface area (Å²) in [6.07, 6.45) is 0. The maximum Gasteiger partial charge on any atom is 0.255 e. The lowest BCUT2D eigenvalue weighted by molar-refractivity contribution is 0.101. The Morgan fingerprint density at radius 1 is 0.750 bits per heavy atom. The molecule has 0 aliphatic carbocycles. The van der Waals surface area contributed by atoms with Gasteiger partial charge in [0.1, 0.15) is 0 Å². The minimum absolute atomic E-state index is 0.189. The number of carbonyl (C=O) groups excluding carboxylic acids is 2. The van der Waals surface area contributed by atoms with Crippen molar-refractivity contribution in [1.29, 1.82) is 0 Å². The molecule has 0 bridgehead atoms. The Bertz CT molecular complexity index is 1030. The summed E-state index contributed by atoms with van der Waals surface area (Å²) in [6, 6.07) is 18.5. The van der Waals surface area contributed by atoms with Crippen molar-refractivity contribution in [3.05, 3.63) is 83.4 Å². The lowest BCUT2D eigenvalue weighted by Gasteiger charge is -2.13. The van der Waals surface area contributed by atoms with Crippen LogP contribution in [0, 0.1) is 0 Å². The first-order chi connectivity index (χ1) is 13.5. The molecule has 0 saturated carbocycles. The fourth-order valence-corrected chi connectivity index (χ4v) is 2.72. The van der Waals surface area contributed by atoms with E-state index >= 15 is 0 Å². The highest BCUT2D eigenvalue weighted by atomic mass is 16.2. The first-order valence-electron chi connectivity index (χ1n) is 8.63. The summed E-state index contributed by atoms with van der Waals surface area (Å²) in [5.41, 5.74) is 21.0.